The van der Waals surface area contributed by atoms with Crippen LogP contribution in [0.3, 0.4) is 0 Å². The molecule has 0 atom stereocenters. The highest BCUT2D eigenvalue weighted by atomic mass is 32.2. The number of hydrogen-bond acceptors (Lipinski definition) is 3. The number of benzene rings is 3. The van der Waals surface area contributed by atoms with Crippen LogP contribution in [0.25, 0.3) is 10.8 Å². The molecule has 0 aromatic heterocycles. The molecule has 0 heterocycles. The van der Waals surface area contributed by atoms with Crippen molar-refractivity contribution in [3.63, 3.8) is 0 Å². The molecule has 0 saturated carbocycles. The summed E-state index contributed by atoms with van der Waals surface area (Å²) >= 11 is 0. The second kappa shape index (κ2) is 7.62. The van der Waals surface area contributed by atoms with Crippen molar-refractivity contribution in [2.45, 2.75) is 11.8 Å². The van der Waals surface area contributed by atoms with E-state index in [1.807, 2.05) is 43.3 Å². The first-order valence-corrected chi connectivity index (χ1v) is 9.86. The number of hydrogen-bond donors (Lipinski definition) is 0. The SMILES string of the molecule is C=CCN(c1ccccc1OCC)S(=O)(=O)c1ccc2ccccc2c1. The lowest BCUT2D eigenvalue weighted by molar-refractivity contribution is 0.341. The van der Waals surface area contributed by atoms with E-state index < -0.39 is 10.0 Å². The molecule has 5 heteroatoms. The molecule has 0 radical (unpaired) electrons. The van der Waals surface area contributed by atoms with Gasteiger partial charge in [0.1, 0.15) is 5.75 Å². The molecule has 26 heavy (non-hydrogen) atoms. The summed E-state index contributed by atoms with van der Waals surface area (Å²) in [5.41, 5.74) is 0.502. The Morgan fingerprint density at radius 2 is 1.69 bits per heavy atom. The van der Waals surface area contributed by atoms with Gasteiger partial charge < -0.3 is 4.74 Å². The van der Waals surface area contributed by atoms with Gasteiger partial charge in [-0.2, -0.15) is 0 Å². The fourth-order valence-electron chi connectivity index (χ4n) is 2.84. The van der Waals surface area contributed by atoms with Crippen LogP contribution >= 0.6 is 0 Å². The molecular weight excluding hydrogens is 346 g/mol. The van der Waals surface area contributed by atoms with E-state index in [4.69, 9.17) is 4.74 Å². The lowest BCUT2D eigenvalue weighted by Gasteiger charge is -2.25. The molecule has 3 rings (SSSR count). The summed E-state index contributed by atoms with van der Waals surface area (Å²) in [7, 11) is -3.77. The van der Waals surface area contributed by atoms with E-state index >= 15 is 0 Å². The average Bonchev–Trinajstić information content (AvgIpc) is 2.66. The van der Waals surface area contributed by atoms with E-state index in [0.29, 0.717) is 18.0 Å². The molecule has 0 unspecified atom stereocenters. The summed E-state index contributed by atoms with van der Waals surface area (Å²) in [6.07, 6.45) is 1.57. The molecule has 4 nitrogen and oxygen atoms in total. The highest BCUT2D eigenvalue weighted by Gasteiger charge is 2.26. The van der Waals surface area contributed by atoms with Crippen LogP contribution < -0.4 is 9.04 Å². The molecular formula is C21H21NO3S. The largest absolute Gasteiger partial charge is 0.492 e. The summed E-state index contributed by atoms with van der Waals surface area (Å²) in [6.45, 7) is 6.18. The maximum atomic E-state index is 13.3. The van der Waals surface area contributed by atoms with Crippen molar-refractivity contribution in [2.75, 3.05) is 17.5 Å². The van der Waals surface area contributed by atoms with Gasteiger partial charge >= 0.3 is 0 Å². The number of rotatable bonds is 7. The monoisotopic (exact) mass is 367 g/mol. The Bertz CT molecular complexity index is 1030. The number of fused-ring (bicyclic) bond motifs is 1. The van der Waals surface area contributed by atoms with E-state index in [-0.39, 0.29) is 11.4 Å². The lowest BCUT2D eigenvalue weighted by atomic mass is 10.1. The normalized spacial score (nSPS) is 11.3. The predicted octanol–water partition coefficient (Wildman–Crippen LogP) is 4.62. The van der Waals surface area contributed by atoms with Crippen LogP contribution in [0.1, 0.15) is 6.92 Å². The molecule has 0 aliphatic carbocycles. The number of para-hydroxylation sites is 2. The van der Waals surface area contributed by atoms with Gasteiger partial charge in [-0.15, -0.1) is 6.58 Å². The number of ether oxygens (including phenoxy) is 1. The maximum absolute atomic E-state index is 13.3. The highest BCUT2D eigenvalue weighted by molar-refractivity contribution is 7.92. The van der Waals surface area contributed by atoms with Gasteiger partial charge in [-0.1, -0.05) is 48.5 Å². The third-order valence-electron chi connectivity index (χ3n) is 4.04. The maximum Gasteiger partial charge on any atom is 0.264 e. The van der Waals surface area contributed by atoms with Gasteiger partial charge in [0.2, 0.25) is 0 Å². The van der Waals surface area contributed by atoms with E-state index in [2.05, 4.69) is 6.58 Å². The first-order chi connectivity index (χ1) is 12.6. The molecule has 134 valence electrons. The van der Waals surface area contributed by atoms with Crippen LogP contribution in [0.15, 0.2) is 84.3 Å². The van der Waals surface area contributed by atoms with Crippen molar-refractivity contribution in [3.05, 3.63) is 79.4 Å². The fourth-order valence-corrected chi connectivity index (χ4v) is 4.32. The summed E-state index contributed by atoms with van der Waals surface area (Å²) in [5.74, 6) is 0.529. The Labute approximate surface area is 154 Å². The molecule has 0 amide bonds. The van der Waals surface area contributed by atoms with Crippen LogP contribution in [0.5, 0.6) is 5.75 Å². The van der Waals surface area contributed by atoms with Gasteiger partial charge in [0.15, 0.2) is 0 Å². The Morgan fingerprint density at radius 1 is 1.00 bits per heavy atom. The van der Waals surface area contributed by atoms with Crippen LogP contribution in [-0.4, -0.2) is 21.6 Å². The van der Waals surface area contributed by atoms with E-state index in [9.17, 15) is 8.42 Å². The minimum Gasteiger partial charge on any atom is -0.492 e. The van der Waals surface area contributed by atoms with Crippen LogP contribution in [0.2, 0.25) is 0 Å². The molecule has 3 aromatic rings. The second-order valence-corrected chi connectivity index (χ2v) is 7.60. The minimum absolute atomic E-state index is 0.152. The third kappa shape index (κ3) is 3.44. The zero-order valence-electron chi connectivity index (χ0n) is 14.6. The zero-order valence-corrected chi connectivity index (χ0v) is 15.4. The topological polar surface area (TPSA) is 46.6 Å². The Balaban J connectivity index is 2.12. The van der Waals surface area contributed by atoms with Crippen molar-refractivity contribution < 1.29 is 13.2 Å². The highest BCUT2D eigenvalue weighted by Crippen LogP contribution is 2.33. The predicted molar refractivity (Wildman–Crippen MR) is 106 cm³/mol. The van der Waals surface area contributed by atoms with Crippen LogP contribution in [0, 0.1) is 0 Å². The van der Waals surface area contributed by atoms with Crippen molar-refractivity contribution in [1.29, 1.82) is 0 Å². The number of sulfonamides is 1. The Morgan fingerprint density at radius 3 is 2.42 bits per heavy atom. The first kappa shape index (κ1) is 18.0. The van der Waals surface area contributed by atoms with Crippen LogP contribution in [0.4, 0.5) is 5.69 Å². The molecule has 0 bridgehead atoms. The molecule has 0 fully saturated rings. The third-order valence-corrected chi connectivity index (χ3v) is 5.81. The van der Waals surface area contributed by atoms with E-state index in [0.717, 1.165) is 10.8 Å². The molecule has 3 aromatic carbocycles. The fraction of sp³-hybridized carbons (Fsp3) is 0.143. The van der Waals surface area contributed by atoms with E-state index in [1.165, 1.54) is 4.31 Å². The Hall–Kier alpha value is -2.79. The first-order valence-electron chi connectivity index (χ1n) is 8.42. The van der Waals surface area contributed by atoms with Crippen LogP contribution in [-0.2, 0) is 10.0 Å². The zero-order chi connectivity index (χ0) is 18.6. The Kier molecular flexibility index (Phi) is 5.28. The van der Waals surface area contributed by atoms with Crippen molar-refractivity contribution in [1.82, 2.24) is 0 Å². The summed E-state index contributed by atoms with van der Waals surface area (Å²) < 4.78 is 33.6. The molecule has 0 aliphatic rings. The van der Waals surface area contributed by atoms with Crippen molar-refractivity contribution >= 4 is 26.5 Å². The molecule has 0 N–H and O–H groups in total. The summed E-state index contributed by atoms with van der Waals surface area (Å²) in [4.78, 5) is 0.240. The molecule has 0 saturated heterocycles. The minimum atomic E-state index is -3.77. The van der Waals surface area contributed by atoms with Gasteiger partial charge in [-0.3, -0.25) is 4.31 Å². The summed E-state index contributed by atoms with van der Waals surface area (Å²) in [6, 6.07) is 20.0. The quantitative estimate of drug-likeness (QED) is 0.573. The van der Waals surface area contributed by atoms with E-state index in [1.54, 1.807) is 36.4 Å². The number of anilines is 1. The second-order valence-electron chi connectivity index (χ2n) is 5.73. The van der Waals surface area contributed by atoms with Gasteiger partial charge in [0, 0.05) is 0 Å². The molecule has 0 spiro atoms. The van der Waals surface area contributed by atoms with Gasteiger partial charge in [-0.25, -0.2) is 8.42 Å². The average molecular weight is 367 g/mol. The summed E-state index contributed by atoms with van der Waals surface area (Å²) in [5, 5.41) is 1.88. The van der Waals surface area contributed by atoms with Gasteiger partial charge in [0.25, 0.3) is 10.0 Å². The van der Waals surface area contributed by atoms with Gasteiger partial charge in [0.05, 0.1) is 23.7 Å². The standard InChI is InChI=1S/C21H21NO3S/c1-3-15-22(20-11-7-8-12-21(20)25-4-2)26(23,24)19-14-13-17-9-5-6-10-18(17)16-19/h3,5-14,16H,1,4,15H2,2H3. The number of nitrogens with zero attached hydrogens (tertiary/aromatic N) is 1. The molecule has 0 aliphatic heterocycles. The lowest BCUT2D eigenvalue weighted by Crippen LogP contribution is -2.31. The van der Waals surface area contributed by atoms with Gasteiger partial charge in [-0.05, 0) is 42.0 Å². The van der Waals surface area contributed by atoms with Crippen molar-refractivity contribution in [2.24, 2.45) is 0 Å². The smallest absolute Gasteiger partial charge is 0.264 e. The van der Waals surface area contributed by atoms with Crippen molar-refractivity contribution in [3.8, 4) is 5.75 Å².